The van der Waals surface area contributed by atoms with Gasteiger partial charge in [-0.2, -0.15) is 0 Å². The zero-order chi connectivity index (χ0) is 17.1. The lowest BCUT2D eigenvalue weighted by Crippen LogP contribution is -2.14. The van der Waals surface area contributed by atoms with Gasteiger partial charge in [0.25, 0.3) is 0 Å². The van der Waals surface area contributed by atoms with E-state index in [4.69, 9.17) is 4.74 Å². The number of nitrogens with one attached hydrogen (secondary N) is 1. The summed E-state index contributed by atoms with van der Waals surface area (Å²) >= 11 is 1.69. The number of rotatable bonds is 5. The van der Waals surface area contributed by atoms with Gasteiger partial charge in [0.1, 0.15) is 5.75 Å². The molecule has 1 N–H and O–H groups in total. The van der Waals surface area contributed by atoms with Crippen LogP contribution in [0.5, 0.6) is 5.75 Å². The Morgan fingerprint density at radius 3 is 2.71 bits per heavy atom. The maximum atomic E-state index is 12.7. The molecule has 1 saturated carbocycles. The van der Waals surface area contributed by atoms with Crippen LogP contribution in [-0.4, -0.2) is 19.4 Å². The smallest absolute Gasteiger partial charge is 0.192 e. The van der Waals surface area contributed by atoms with Crippen molar-refractivity contribution in [2.75, 3.05) is 19.0 Å². The zero-order valence-electron chi connectivity index (χ0n) is 14.6. The van der Waals surface area contributed by atoms with Crippen molar-refractivity contribution in [2.45, 2.75) is 33.1 Å². The average molecular weight is 341 g/mol. The number of ketones is 1. The summed E-state index contributed by atoms with van der Waals surface area (Å²) < 4.78 is 5.16. The van der Waals surface area contributed by atoms with Crippen molar-refractivity contribution in [1.29, 1.82) is 0 Å². The summed E-state index contributed by atoms with van der Waals surface area (Å²) in [4.78, 5) is 15.0. The minimum atomic E-state index is 0.208. The van der Waals surface area contributed by atoms with Crippen molar-refractivity contribution < 1.29 is 9.53 Å². The van der Waals surface area contributed by atoms with Gasteiger partial charge < -0.3 is 10.1 Å². The van der Waals surface area contributed by atoms with E-state index < -0.39 is 0 Å². The van der Waals surface area contributed by atoms with E-state index in [0.717, 1.165) is 28.7 Å². The lowest BCUT2D eigenvalue weighted by Gasteiger charge is -2.10. The summed E-state index contributed by atoms with van der Waals surface area (Å²) in [6.07, 6.45) is 1.08. The molecule has 3 nitrogen and oxygen atoms in total. The molecule has 1 fully saturated rings. The molecule has 0 aliphatic heterocycles. The van der Waals surface area contributed by atoms with E-state index in [9.17, 15) is 4.79 Å². The molecule has 126 valence electrons. The quantitative estimate of drug-likeness (QED) is 0.804. The first-order valence-corrected chi connectivity index (χ1v) is 9.28. The maximum Gasteiger partial charge on any atom is 0.192 e. The Hall–Kier alpha value is -1.81. The Bertz CT molecular complexity index is 804. The molecule has 0 amide bonds. The number of benzene rings is 1. The molecule has 24 heavy (non-hydrogen) atoms. The highest BCUT2D eigenvalue weighted by Crippen LogP contribution is 2.71. The molecule has 4 rings (SSSR count). The first-order chi connectivity index (χ1) is 11.4. The van der Waals surface area contributed by atoms with E-state index >= 15 is 0 Å². The number of hydrogen-bond acceptors (Lipinski definition) is 4. The summed E-state index contributed by atoms with van der Waals surface area (Å²) in [6, 6.07) is 7.67. The maximum absolute atomic E-state index is 12.7. The fourth-order valence-corrected chi connectivity index (χ4v) is 5.50. The molecule has 0 bridgehead atoms. The van der Waals surface area contributed by atoms with Crippen LogP contribution in [0.15, 0.2) is 24.3 Å². The molecule has 0 spiro atoms. The van der Waals surface area contributed by atoms with Crippen molar-refractivity contribution in [3.05, 3.63) is 45.1 Å². The van der Waals surface area contributed by atoms with E-state index in [1.807, 2.05) is 24.3 Å². The van der Waals surface area contributed by atoms with Crippen LogP contribution in [0.3, 0.4) is 0 Å². The monoisotopic (exact) mass is 341 g/mol. The van der Waals surface area contributed by atoms with Crippen LogP contribution < -0.4 is 10.1 Å². The third-order valence-electron chi connectivity index (χ3n) is 5.82. The number of Topliss-reactive ketones (excluding diaryl/α,β-unsaturated/α-hetero) is 1. The van der Waals surface area contributed by atoms with Crippen LogP contribution in [0.2, 0.25) is 0 Å². The highest BCUT2D eigenvalue weighted by atomic mass is 32.1. The molecule has 0 radical (unpaired) electrons. The third kappa shape index (κ3) is 2.27. The van der Waals surface area contributed by atoms with Gasteiger partial charge in [0.15, 0.2) is 5.78 Å². The van der Waals surface area contributed by atoms with Crippen molar-refractivity contribution in [2.24, 2.45) is 11.3 Å². The Balaban J connectivity index is 1.48. The normalized spacial score (nSPS) is 22.7. The van der Waals surface area contributed by atoms with Gasteiger partial charge in [-0.05, 0) is 66.0 Å². The first-order valence-electron chi connectivity index (χ1n) is 8.46. The molecular formula is C20H23NO2S. The molecule has 2 aliphatic carbocycles. The number of hydrogen-bond donors (Lipinski definition) is 1. The average Bonchev–Trinajstić information content (AvgIpc) is 2.92. The predicted molar refractivity (Wildman–Crippen MR) is 98.6 cm³/mol. The standard InChI is InChI=1S/C20H23NO2S/c1-11-17-14(9-15-18(17)20(15,2)3)19(24-11)16(22)10-21-12-5-7-13(23-4)8-6-12/h5-8,15,18,21H,9-10H2,1-4H3/t15-,18-/m1/s1. The Kier molecular flexibility index (Phi) is 3.50. The molecule has 2 aliphatic rings. The first kappa shape index (κ1) is 15.7. The van der Waals surface area contributed by atoms with Crippen molar-refractivity contribution in [3.8, 4) is 5.75 Å². The molecule has 2 aromatic rings. The molecule has 2 atom stereocenters. The Morgan fingerprint density at radius 2 is 2.04 bits per heavy atom. The number of thiophene rings is 1. The van der Waals surface area contributed by atoms with Gasteiger partial charge in [0, 0.05) is 10.6 Å². The minimum Gasteiger partial charge on any atom is -0.497 e. The number of carbonyl (C=O) groups excluding carboxylic acids is 1. The molecule has 4 heteroatoms. The Labute approximate surface area is 147 Å². The fraction of sp³-hybridized carbons (Fsp3) is 0.450. The number of anilines is 1. The third-order valence-corrected chi connectivity index (χ3v) is 7.02. The summed E-state index contributed by atoms with van der Waals surface area (Å²) in [7, 11) is 1.65. The summed E-state index contributed by atoms with van der Waals surface area (Å²) in [6.45, 7) is 7.23. The molecule has 1 aromatic heterocycles. The van der Waals surface area contributed by atoms with Crippen LogP contribution in [-0.2, 0) is 6.42 Å². The van der Waals surface area contributed by atoms with E-state index in [1.165, 1.54) is 16.0 Å². The predicted octanol–water partition coefficient (Wildman–Crippen LogP) is 4.66. The lowest BCUT2D eigenvalue weighted by atomic mass is 9.94. The van der Waals surface area contributed by atoms with Gasteiger partial charge in [0.05, 0.1) is 18.5 Å². The van der Waals surface area contributed by atoms with Gasteiger partial charge in [-0.3, -0.25) is 4.79 Å². The topological polar surface area (TPSA) is 38.3 Å². The lowest BCUT2D eigenvalue weighted by molar-refractivity contribution is 0.101. The number of aryl methyl sites for hydroxylation is 1. The van der Waals surface area contributed by atoms with Crippen LogP contribution >= 0.6 is 11.3 Å². The van der Waals surface area contributed by atoms with Gasteiger partial charge in [-0.1, -0.05) is 13.8 Å². The number of carbonyl (C=O) groups is 1. The second kappa shape index (κ2) is 5.35. The highest BCUT2D eigenvalue weighted by molar-refractivity contribution is 7.14. The Morgan fingerprint density at radius 1 is 1.33 bits per heavy atom. The summed E-state index contributed by atoms with van der Waals surface area (Å²) in [5, 5.41) is 3.23. The van der Waals surface area contributed by atoms with Gasteiger partial charge in [0.2, 0.25) is 0 Å². The highest BCUT2D eigenvalue weighted by Gasteiger charge is 2.63. The van der Waals surface area contributed by atoms with Gasteiger partial charge in [-0.25, -0.2) is 0 Å². The van der Waals surface area contributed by atoms with E-state index in [2.05, 4.69) is 26.1 Å². The van der Waals surface area contributed by atoms with Gasteiger partial charge >= 0.3 is 0 Å². The van der Waals surface area contributed by atoms with Crippen molar-refractivity contribution in [3.63, 3.8) is 0 Å². The molecule has 1 heterocycles. The number of methoxy groups -OCH3 is 1. The summed E-state index contributed by atoms with van der Waals surface area (Å²) in [5.41, 5.74) is 4.20. The van der Waals surface area contributed by atoms with E-state index in [1.54, 1.807) is 18.4 Å². The van der Waals surface area contributed by atoms with Crippen molar-refractivity contribution >= 4 is 22.8 Å². The molecule has 0 unspecified atom stereocenters. The van der Waals surface area contributed by atoms with Crippen LogP contribution in [0.4, 0.5) is 5.69 Å². The number of ether oxygens (including phenoxy) is 1. The fourth-order valence-electron chi connectivity index (χ4n) is 4.33. The van der Waals surface area contributed by atoms with Gasteiger partial charge in [-0.15, -0.1) is 11.3 Å². The summed E-state index contributed by atoms with van der Waals surface area (Å²) in [5.74, 6) is 2.45. The van der Waals surface area contributed by atoms with E-state index in [0.29, 0.717) is 17.9 Å². The number of fused-ring (bicyclic) bond motifs is 3. The van der Waals surface area contributed by atoms with Crippen LogP contribution in [0.1, 0.15) is 45.4 Å². The molecular weight excluding hydrogens is 318 g/mol. The second-order valence-corrected chi connectivity index (χ2v) is 8.72. The molecule has 1 aromatic carbocycles. The van der Waals surface area contributed by atoms with E-state index in [-0.39, 0.29) is 5.78 Å². The van der Waals surface area contributed by atoms with Crippen LogP contribution in [0, 0.1) is 18.3 Å². The largest absolute Gasteiger partial charge is 0.497 e. The minimum absolute atomic E-state index is 0.208. The second-order valence-electron chi connectivity index (χ2n) is 7.49. The zero-order valence-corrected chi connectivity index (χ0v) is 15.4. The molecule has 0 saturated heterocycles. The SMILES string of the molecule is COc1ccc(NCC(=O)c2sc(C)c3c2C[C@@H]2[C@H]3C2(C)C)cc1. The van der Waals surface area contributed by atoms with Crippen LogP contribution in [0.25, 0.3) is 0 Å². The van der Waals surface area contributed by atoms with Crippen molar-refractivity contribution in [1.82, 2.24) is 0 Å².